The van der Waals surface area contributed by atoms with Crippen molar-refractivity contribution in [3.63, 3.8) is 0 Å². The zero-order valence-electron chi connectivity index (χ0n) is 12.0. The van der Waals surface area contributed by atoms with Crippen LogP contribution < -0.4 is 0 Å². The molecular formula is C15H15NO6. The highest BCUT2D eigenvalue weighted by molar-refractivity contribution is 5.88. The average molecular weight is 305 g/mol. The number of nitriles is 1. The molecule has 0 amide bonds. The summed E-state index contributed by atoms with van der Waals surface area (Å²) < 4.78 is 15.3. The van der Waals surface area contributed by atoms with Crippen molar-refractivity contribution in [2.45, 2.75) is 25.6 Å². The van der Waals surface area contributed by atoms with Crippen LogP contribution in [0.2, 0.25) is 0 Å². The number of ether oxygens (including phenoxy) is 3. The molecule has 0 aromatic heterocycles. The predicted molar refractivity (Wildman–Crippen MR) is 69.7 cm³/mol. The minimum atomic E-state index is -0.719. The van der Waals surface area contributed by atoms with Gasteiger partial charge in [-0.2, -0.15) is 5.26 Å². The molecule has 116 valence electrons. The molecule has 2 aliphatic carbocycles. The van der Waals surface area contributed by atoms with Crippen molar-refractivity contribution in [1.82, 2.24) is 0 Å². The predicted octanol–water partition coefficient (Wildman–Crippen LogP) is 0.349. The molecule has 7 nitrogen and oxygen atoms in total. The summed E-state index contributed by atoms with van der Waals surface area (Å²) in [6.07, 6.45) is -0.468. The van der Waals surface area contributed by atoms with E-state index in [9.17, 15) is 19.6 Å². The van der Waals surface area contributed by atoms with Gasteiger partial charge in [-0.25, -0.2) is 9.59 Å². The highest BCUT2D eigenvalue weighted by Crippen LogP contribution is 2.58. The van der Waals surface area contributed by atoms with E-state index >= 15 is 0 Å². The maximum Gasteiger partial charge on any atom is 0.344 e. The Morgan fingerprint density at radius 1 is 1.45 bits per heavy atom. The normalized spacial score (nSPS) is 37.4. The molecule has 3 aliphatic rings. The zero-order chi connectivity index (χ0) is 16.0. The Morgan fingerprint density at radius 3 is 2.82 bits per heavy atom. The molecular weight excluding hydrogens is 290 g/mol. The summed E-state index contributed by atoms with van der Waals surface area (Å²) >= 11 is 0. The van der Waals surface area contributed by atoms with Crippen LogP contribution in [-0.2, 0) is 28.6 Å². The van der Waals surface area contributed by atoms with E-state index in [4.69, 9.17) is 14.2 Å². The second-order valence-electron chi connectivity index (χ2n) is 5.96. The van der Waals surface area contributed by atoms with Crippen LogP contribution in [0.5, 0.6) is 0 Å². The summed E-state index contributed by atoms with van der Waals surface area (Å²) in [6.45, 7) is 4.35. The van der Waals surface area contributed by atoms with Crippen LogP contribution in [0.1, 0.15) is 13.3 Å². The molecule has 0 radical (unpaired) electrons. The number of hydrogen-bond acceptors (Lipinski definition) is 7. The van der Waals surface area contributed by atoms with E-state index in [0.717, 1.165) is 0 Å². The van der Waals surface area contributed by atoms with Gasteiger partial charge < -0.3 is 14.2 Å². The van der Waals surface area contributed by atoms with Gasteiger partial charge in [0.1, 0.15) is 12.2 Å². The molecule has 0 N–H and O–H groups in total. The van der Waals surface area contributed by atoms with Crippen LogP contribution in [0.4, 0.5) is 0 Å². The number of fused-ring (bicyclic) bond motifs is 1. The molecule has 1 saturated heterocycles. The molecule has 0 aromatic rings. The van der Waals surface area contributed by atoms with E-state index < -0.39 is 42.6 Å². The maximum absolute atomic E-state index is 11.8. The second-order valence-corrected chi connectivity index (χ2v) is 5.96. The van der Waals surface area contributed by atoms with E-state index in [1.54, 1.807) is 0 Å². The van der Waals surface area contributed by atoms with Gasteiger partial charge >= 0.3 is 17.9 Å². The van der Waals surface area contributed by atoms with Crippen molar-refractivity contribution < 1.29 is 28.6 Å². The van der Waals surface area contributed by atoms with Crippen molar-refractivity contribution in [1.29, 1.82) is 5.26 Å². The maximum atomic E-state index is 11.8. The molecule has 22 heavy (non-hydrogen) atoms. The highest BCUT2D eigenvalue weighted by Gasteiger charge is 2.68. The minimum absolute atomic E-state index is 0.0575. The molecule has 7 heteroatoms. The number of nitrogens with zero attached hydrogens (tertiary/aromatic N) is 1. The van der Waals surface area contributed by atoms with Gasteiger partial charge in [0.2, 0.25) is 0 Å². The van der Waals surface area contributed by atoms with Crippen molar-refractivity contribution in [2.24, 2.45) is 23.7 Å². The second kappa shape index (κ2) is 5.13. The zero-order valence-corrected chi connectivity index (χ0v) is 12.0. The standard InChI is InChI=1S/C15H15NO6/c1-6(2)14(18)20-5-10(17)21-12-7-3-8-11(9(7)4-16)15(19)22-13(8)12/h7-9,11-13H,1,3,5H2,2H3. The molecule has 0 aromatic carbocycles. The van der Waals surface area contributed by atoms with Crippen LogP contribution in [0, 0.1) is 35.0 Å². The van der Waals surface area contributed by atoms with Gasteiger partial charge in [-0.1, -0.05) is 6.58 Å². The first kappa shape index (κ1) is 14.6. The molecule has 3 fully saturated rings. The quantitative estimate of drug-likeness (QED) is 0.419. The topological polar surface area (TPSA) is 103 Å². The van der Waals surface area contributed by atoms with Gasteiger partial charge in [0.25, 0.3) is 0 Å². The smallest absolute Gasteiger partial charge is 0.344 e. The van der Waals surface area contributed by atoms with E-state index in [1.165, 1.54) is 6.92 Å². The van der Waals surface area contributed by atoms with Gasteiger partial charge in [0.15, 0.2) is 6.61 Å². The van der Waals surface area contributed by atoms with Crippen LogP contribution >= 0.6 is 0 Å². The number of carbonyl (C=O) groups is 3. The fourth-order valence-corrected chi connectivity index (χ4v) is 3.76. The fraction of sp³-hybridized carbons (Fsp3) is 0.600. The summed E-state index contributed by atoms with van der Waals surface area (Å²) in [4.78, 5) is 34.8. The van der Waals surface area contributed by atoms with Crippen molar-refractivity contribution in [3.8, 4) is 6.07 Å². The molecule has 0 spiro atoms. The first-order valence-corrected chi connectivity index (χ1v) is 7.06. The van der Waals surface area contributed by atoms with Crippen molar-refractivity contribution in [3.05, 3.63) is 12.2 Å². The number of esters is 3. The molecule has 1 heterocycles. The molecule has 1 aliphatic heterocycles. The Kier molecular flexibility index (Phi) is 3.39. The lowest BCUT2D eigenvalue weighted by Crippen LogP contribution is -2.40. The third kappa shape index (κ3) is 2.06. The van der Waals surface area contributed by atoms with E-state index in [-0.39, 0.29) is 23.4 Å². The van der Waals surface area contributed by atoms with Crippen molar-refractivity contribution in [2.75, 3.05) is 6.61 Å². The molecule has 3 rings (SSSR count). The first-order chi connectivity index (χ1) is 10.4. The monoisotopic (exact) mass is 305 g/mol. The first-order valence-electron chi connectivity index (χ1n) is 7.06. The van der Waals surface area contributed by atoms with Crippen LogP contribution in [0.3, 0.4) is 0 Å². The van der Waals surface area contributed by atoms with E-state index in [0.29, 0.717) is 6.42 Å². The lowest BCUT2D eigenvalue weighted by Gasteiger charge is -2.27. The van der Waals surface area contributed by atoms with Gasteiger partial charge in [-0.15, -0.1) is 0 Å². The number of rotatable bonds is 4. The summed E-state index contributed by atoms with van der Waals surface area (Å²) in [6, 6.07) is 2.13. The largest absolute Gasteiger partial charge is 0.458 e. The van der Waals surface area contributed by atoms with E-state index in [2.05, 4.69) is 12.6 Å². The minimum Gasteiger partial charge on any atom is -0.458 e. The lowest BCUT2D eigenvalue weighted by atomic mass is 9.79. The van der Waals surface area contributed by atoms with Crippen LogP contribution in [0.25, 0.3) is 0 Å². The van der Waals surface area contributed by atoms with Gasteiger partial charge in [0.05, 0.1) is 17.9 Å². The Labute approximate surface area is 126 Å². The van der Waals surface area contributed by atoms with Crippen LogP contribution in [0.15, 0.2) is 12.2 Å². The molecule has 6 unspecified atom stereocenters. The molecule has 2 saturated carbocycles. The average Bonchev–Trinajstić information content (AvgIpc) is 3.07. The Hall–Kier alpha value is -2.36. The van der Waals surface area contributed by atoms with Gasteiger partial charge in [-0.05, 0) is 13.3 Å². The van der Waals surface area contributed by atoms with Gasteiger partial charge in [0, 0.05) is 17.4 Å². The summed E-state index contributed by atoms with van der Waals surface area (Å²) in [5, 5.41) is 9.24. The summed E-state index contributed by atoms with van der Waals surface area (Å²) in [5.41, 5.74) is 0.185. The fourth-order valence-electron chi connectivity index (χ4n) is 3.76. The number of hydrogen-bond donors (Lipinski definition) is 0. The highest BCUT2D eigenvalue weighted by atomic mass is 16.6. The van der Waals surface area contributed by atoms with E-state index in [1.807, 2.05) is 0 Å². The molecule has 2 bridgehead atoms. The van der Waals surface area contributed by atoms with Crippen LogP contribution in [-0.4, -0.2) is 36.7 Å². The Balaban J connectivity index is 1.63. The van der Waals surface area contributed by atoms with Crippen molar-refractivity contribution >= 4 is 17.9 Å². The third-order valence-electron chi connectivity index (χ3n) is 4.63. The molecule has 6 atom stereocenters. The Bertz CT molecular complexity index is 606. The number of carbonyl (C=O) groups excluding carboxylic acids is 3. The third-order valence-corrected chi connectivity index (χ3v) is 4.63. The summed E-state index contributed by atoms with van der Waals surface area (Å²) in [7, 11) is 0. The SMILES string of the molecule is C=C(C)C(=O)OCC(=O)OC1C2CC3C1OC(=O)C3C2C#N. The summed E-state index contributed by atoms with van der Waals surface area (Å²) in [5.74, 6) is -2.90. The lowest BCUT2D eigenvalue weighted by molar-refractivity contribution is -0.169. The Morgan fingerprint density at radius 2 is 2.18 bits per heavy atom. The van der Waals surface area contributed by atoms with Gasteiger partial charge in [-0.3, -0.25) is 4.79 Å².